The Labute approximate surface area is 189 Å². The van der Waals surface area contributed by atoms with Crippen LogP contribution in [0.5, 0.6) is 0 Å². The molecule has 0 bridgehead atoms. The first-order valence-electron chi connectivity index (χ1n) is 11.5. The zero-order valence-electron chi connectivity index (χ0n) is 18.9. The van der Waals surface area contributed by atoms with Crippen molar-refractivity contribution in [2.45, 2.75) is 64.9 Å². The van der Waals surface area contributed by atoms with E-state index in [1.807, 2.05) is 4.57 Å². The van der Waals surface area contributed by atoms with Gasteiger partial charge in [-0.25, -0.2) is 0 Å². The first-order chi connectivity index (χ1) is 15.0. The average Bonchev–Trinajstić information content (AvgIpc) is 3.31. The smallest absolute Gasteiger partial charge is 0.358 e. The monoisotopic (exact) mass is 461 g/mol. The minimum Gasteiger partial charge on any atom is -0.358 e. The van der Waals surface area contributed by atoms with Crippen LogP contribution >= 0.6 is 0 Å². The molecule has 9 heteroatoms. The van der Waals surface area contributed by atoms with Gasteiger partial charge in [0.05, 0.1) is 12.4 Å². The summed E-state index contributed by atoms with van der Waals surface area (Å²) in [6, 6.07) is 0. The highest BCUT2D eigenvalue weighted by Crippen LogP contribution is 2.65. The van der Waals surface area contributed by atoms with Crippen molar-refractivity contribution >= 4 is 21.6 Å². The molecule has 2 saturated carbocycles. The van der Waals surface area contributed by atoms with Gasteiger partial charge in [-0.3, -0.25) is 8.75 Å². The summed E-state index contributed by atoms with van der Waals surface area (Å²) < 4.78 is 30.4. The van der Waals surface area contributed by atoms with Crippen molar-refractivity contribution in [1.82, 2.24) is 9.55 Å². The van der Waals surface area contributed by atoms with Crippen molar-refractivity contribution in [3.8, 4) is 0 Å². The molecule has 0 N–H and O–H groups in total. The maximum absolute atomic E-state index is 11.6. The van der Waals surface area contributed by atoms with Gasteiger partial charge in [0, 0.05) is 11.1 Å². The van der Waals surface area contributed by atoms with Crippen LogP contribution < -0.4 is 0 Å². The lowest BCUT2D eigenvalue weighted by Gasteiger charge is -2.57. The van der Waals surface area contributed by atoms with Crippen LogP contribution in [0, 0.1) is 38.7 Å². The molecule has 0 aliphatic heterocycles. The van der Waals surface area contributed by atoms with E-state index in [0.717, 1.165) is 50.5 Å². The van der Waals surface area contributed by atoms with Crippen LogP contribution in [0.4, 0.5) is 5.82 Å². The van der Waals surface area contributed by atoms with Gasteiger partial charge >= 0.3 is 5.82 Å². The highest BCUT2D eigenvalue weighted by Gasteiger charge is 2.57. The van der Waals surface area contributed by atoms with Gasteiger partial charge in [-0.15, -0.1) is 0 Å². The number of nitrogens with zero attached hydrogens (tertiary/aromatic N) is 3. The van der Waals surface area contributed by atoms with Gasteiger partial charge in [-0.05, 0) is 78.0 Å². The van der Waals surface area contributed by atoms with Crippen LogP contribution in [0.1, 0.15) is 58.8 Å². The Hall–Kier alpha value is -2.00. The van der Waals surface area contributed by atoms with E-state index < -0.39 is 15.0 Å². The maximum atomic E-state index is 11.6. The number of hydrogen-bond donors (Lipinski definition) is 0. The number of hydrogen-bond acceptors (Lipinski definition) is 6. The number of fused-ring (bicyclic) bond motifs is 5. The van der Waals surface area contributed by atoms with Gasteiger partial charge < -0.3 is 10.1 Å². The summed E-state index contributed by atoms with van der Waals surface area (Å²) in [7, 11) is -3.44. The summed E-state index contributed by atoms with van der Waals surface area (Å²) in [6.45, 7) is 4.69. The van der Waals surface area contributed by atoms with Gasteiger partial charge in [0.2, 0.25) is 6.33 Å². The fraction of sp³-hybridized carbons (Fsp3) is 0.696. The summed E-state index contributed by atoms with van der Waals surface area (Å²) in [5.41, 5.74) is 2.59. The van der Waals surface area contributed by atoms with Crippen molar-refractivity contribution in [2.75, 3.05) is 6.26 Å². The summed E-state index contributed by atoms with van der Waals surface area (Å²) in [5, 5.41) is 11.1. The number of allylic oxidation sites excluding steroid dienone is 3. The number of imidazole rings is 1. The van der Waals surface area contributed by atoms with Crippen LogP contribution in [0.15, 0.2) is 30.2 Å². The fourth-order valence-electron chi connectivity index (χ4n) is 7.44. The first kappa shape index (κ1) is 21.8. The van der Waals surface area contributed by atoms with E-state index in [2.05, 4.69) is 31.0 Å². The molecule has 3 unspecified atom stereocenters. The van der Waals surface area contributed by atoms with E-state index in [1.54, 1.807) is 6.33 Å². The quantitative estimate of drug-likeness (QED) is 0.282. The molecule has 6 atom stereocenters. The first-order valence-corrected chi connectivity index (χ1v) is 13.3. The molecule has 0 aromatic carbocycles. The van der Waals surface area contributed by atoms with Crippen LogP contribution in [-0.4, -0.2) is 35.3 Å². The Morgan fingerprint density at radius 3 is 2.59 bits per heavy atom. The van der Waals surface area contributed by atoms with E-state index in [9.17, 15) is 18.5 Å². The van der Waals surface area contributed by atoms with E-state index in [0.29, 0.717) is 24.2 Å². The summed E-state index contributed by atoms with van der Waals surface area (Å²) in [6.07, 6.45) is 15.2. The Kier molecular flexibility index (Phi) is 4.94. The minimum atomic E-state index is -3.44. The zero-order chi connectivity index (χ0) is 22.9. The molecule has 174 valence electrons. The standard InChI is InChI=1S/C23H31N3O5S/c1-22-10-8-16(31-32(3,29)30)12-15(22)4-5-17-18-6-7-20(23(18,2)11-9-19(17)22)25-13-21(24-14-25)26(27)28/h4,7,13-14,16-19H,5-6,8-12H2,1-3H3/t16-,17?,18?,19?,22-,23-/m0/s1. The molecule has 4 aliphatic carbocycles. The predicted molar refractivity (Wildman–Crippen MR) is 120 cm³/mol. The lowest BCUT2D eigenvalue weighted by Crippen LogP contribution is -2.50. The topological polar surface area (TPSA) is 104 Å². The molecule has 0 radical (unpaired) electrons. The zero-order valence-corrected chi connectivity index (χ0v) is 19.7. The van der Waals surface area contributed by atoms with E-state index >= 15 is 0 Å². The van der Waals surface area contributed by atoms with Gasteiger partial charge in [0.25, 0.3) is 10.1 Å². The summed E-state index contributed by atoms with van der Waals surface area (Å²) >= 11 is 0. The second kappa shape index (κ2) is 7.25. The second-order valence-corrected chi connectivity index (χ2v) is 12.2. The van der Waals surface area contributed by atoms with Crippen molar-refractivity contribution in [1.29, 1.82) is 0 Å². The fourth-order valence-corrected chi connectivity index (χ4v) is 8.10. The molecule has 1 heterocycles. The van der Waals surface area contributed by atoms with E-state index in [4.69, 9.17) is 4.18 Å². The minimum absolute atomic E-state index is 0.0198. The van der Waals surface area contributed by atoms with Crippen molar-refractivity contribution in [3.63, 3.8) is 0 Å². The molecule has 1 aromatic rings. The van der Waals surface area contributed by atoms with E-state index in [-0.39, 0.29) is 22.8 Å². The Morgan fingerprint density at radius 1 is 1.16 bits per heavy atom. The molecular weight excluding hydrogens is 430 g/mol. The number of nitro groups is 1. The lowest BCUT2D eigenvalue weighted by molar-refractivity contribution is -0.389. The van der Waals surface area contributed by atoms with Crippen LogP contribution in [-0.2, 0) is 14.3 Å². The molecule has 1 aromatic heterocycles. The molecule has 32 heavy (non-hydrogen) atoms. The molecule has 4 aliphatic rings. The van der Waals surface area contributed by atoms with Gasteiger partial charge in [-0.2, -0.15) is 8.42 Å². The molecule has 8 nitrogen and oxygen atoms in total. The van der Waals surface area contributed by atoms with Crippen LogP contribution in [0.25, 0.3) is 5.70 Å². The van der Waals surface area contributed by atoms with Gasteiger partial charge in [0.1, 0.15) is 6.20 Å². The largest absolute Gasteiger partial charge is 0.381 e. The van der Waals surface area contributed by atoms with Crippen molar-refractivity contribution < 1.29 is 17.5 Å². The molecule has 0 amide bonds. The summed E-state index contributed by atoms with van der Waals surface area (Å²) in [4.78, 5) is 14.6. The Bertz CT molecular complexity index is 1120. The maximum Gasteiger partial charge on any atom is 0.381 e. The Morgan fingerprint density at radius 2 is 1.91 bits per heavy atom. The number of rotatable bonds is 4. The van der Waals surface area contributed by atoms with Gasteiger partial charge in [0.15, 0.2) is 0 Å². The molecular formula is C23H31N3O5S. The van der Waals surface area contributed by atoms with Crippen LogP contribution in [0.2, 0.25) is 0 Å². The molecule has 2 fully saturated rings. The molecule has 0 spiro atoms. The average molecular weight is 462 g/mol. The van der Waals surface area contributed by atoms with Crippen molar-refractivity contribution in [2.24, 2.45) is 28.6 Å². The highest BCUT2D eigenvalue weighted by molar-refractivity contribution is 7.86. The third-order valence-corrected chi connectivity index (χ3v) is 9.57. The third kappa shape index (κ3) is 3.36. The highest BCUT2D eigenvalue weighted by atomic mass is 32.2. The summed E-state index contributed by atoms with van der Waals surface area (Å²) in [5.74, 6) is 1.52. The SMILES string of the molecule is C[C@]12CC[C@H](OS(C)(=O)=O)CC1=CCC1C2CC[C@]2(C)C(n3cnc([N+](=O)[O-])c3)=CCC12. The molecule has 5 rings (SSSR count). The number of aromatic nitrogens is 2. The lowest BCUT2D eigenvalue weighted by atomic mass is 9.48. The molecule has 0 saturated heterocycles. The Balaban J connectivity index is 1.39. The van der Waals surface area contributed by atoms with Gasteiger partial charge in [-0.1, -0.05) is 31.6 Å². The van der Waals surface area contributed by atoms with E-state index in [1.165, 1.54) is 11.8 Å². The van der Waals surface area contributed by atoms with Crippen molar-refractivity contribution in [3.05, 3.63) is 40.4 Å². The second-order valence-electron chi connectivity index (χ2n) is 10.6. The third-order valence-electron chi connectivity index (χ3n) is 8.94. The predicted octanol–water partition coefficient (Wildman–Crippen LogP) is 4.55. The normalized spacial score (nSPS) is 38.8. The van der Waals surface area contributed by atoms with Crippen LogP contribution in [0.3, 0.4) is 0 Å².